The van der Waals surface area contributed by atoms with Crippen molar-refractivity contribution in [2.45, 2.75) is 8.50 Å². The maximum Gasteiger partial charge on any atom is 0.198 e. The van der Waals surface area contributed by atoms with Gasteiger partial charge in [0, 0.05) is 0 Å². The molecule has 1 rings (SSSR count). The van der Waals surface area contributed by atoms with Gasteiger partial charge in [-0.05, 0) is 22.0 Å². The Morgan fingerprint density at radius 1 is 1.56 bits per heavy atom. The molecule has 0 saturated carbocycles. The predicted octanol–water partition coefficient (Wildman–Crippen LogP) is 2.98. The van der Waals surface area contributed by atoms with E-state index in [4.69, 9.17) is 0 Å². The lowest BCUT2D eigenvalue weighted by Crippen LogP contribution is -2.23. The summed E-state index contributed by atoms with van der Waals surface area (Å²) in [6, 6.07) is 0. The van der Waals surface area contributed by atoms with Crippen molar-refractivity contribution in [2.75, 3.05) is 0 Å². The normalized spacial score (nSPS) is 41.4. The van der Waals surface area contributed by atoms with E-state index in [9.17, 15) is 4.39 Å². The van der Waals surface area contributed by atoms with Gasteiger partial charge in [-0.2, -0.15) is 0 Å². The van der Waals surface area contributed by atoms with E-state index in [1.807, 2.05) is 34.7 Å². The van der Waals surface area contributed by atoms with Crippen molar-refractivity contribution in [3.05, 3.63) is 24.3 Å². The standard InChI is InChI=1S/C6H5BrFI/c7-6(8)4-2-1-3-5(6)9/h1-5H. The highest BCUT2D eigenvalue weighted by Gasteiger charge is 2.30. The highest BCUT2D eigenvalue weighted by Crippen LogP contribution is 2.34. The molecule has 2 unspecified atom stereocenters. The maximum atomic E-state index is 13.0. The lowest BCUT2D eigenvalue weighted by molar-refractivity contribution is 0.381. The van der Waals surface area contributed by atoms with Gasteiger partial charge in [-0.3, -0.25) is 0 Å². The first-order valence-corrected chi connectivity index (χ1v) is 4.55. The summed E-state index contributed by atoms with van der Waals surface area (Å²) in [6.07, 6.45) is 6.86. The Balaban J connectivity index is 2.78. The molecule has 0 aliphatic heterocycles. The molecule has 9 heavy (non-hydrogen) atoms. The van der Waals surface area contributed by atoms with Crippen LogP contribution in [-0.2, 0) is 0 Å². The Morgan fingerprint density at radius 2 is 2.22 bits per heavy atom. The van der Waals surface area contributed by atoms with Crippen LogP contribution in [0.25, 0.3) is 0 Å². The number of hydrogen-bond acceptors (Lipinski definition) is 0. The van der Waals surface area contributed by atoms with Gasteiger partial charge in [0.1, 0.15) is 0 Å². The monoisotopic (exact) mass is 302 g/mol. The Labute approximate surface area is 75.5 Å². The minimum Gasteiger partial charge on any atom is -0.225 e. The molecule has 1 aliphatic carbocycles. The number of rotatable bonds is 0. The zero-order chi connectivity index (χ0) is 6.91. The van der Waals surface area contributed by atoms with E-state index >= 15 is 0 Å². The summed E-state index contributed by atoms with van der Waals surface area (Å²) in [4.78, 5) is 0. The molecule has 0 aromatic heterocycles. The number of hydrogen-bond donors (Lipinski definition) is 0. The lowest BCUT2D eigenvalue weighted by atomic mass is 10.2. The highest BCUT2D eigenvalue weighted by molar-refractivity contribution is 14.1. The van der Waals surface area contributed by atoms with Crippen LogP contribution in [0.4, 0.5) is 4.39 Å². The van der Waals surface area contributed by atoms with Crippen molar-refractivity contribution in [1.82, 2.24) is 0 Å². The van der Waals surface area contributed by atoms with E-state index in [2.05, 4.69) is 15.9 Å². The van der Waals surface area contributed by atoms with Crippen LogP contribution in [0, 0.1) is 0 Å². The van der Waals surface area contributed by atoms with Crippen LogP contribution >= 0.6 is 38.5 Å². The summed E-state index contributed by atoms with van der Waals surface area (Å²) in [5.41, 5.74) is 0. The van der Waals surface area contributed by atoms with Crippen molar-refractivity contribution < 1.29 is 4.39 Å². The second-order valence-corrected chi connectivity index (χ2v) is 4.38. The summed E-state index contributed by atoms with van der Waals surface area (Å²) < 4.78 is 11.6. The van der Waals surface area contributed by atoms with Crippen LogP contribution in [0.1, 0.15) is 0 Å². The van der Waals surface area contributed by atoms with Gasteiger partial charge >= 0.3 is 0 Å². The SMILES string of the molecule is FC1(Br)C=CC=CC1I. The first-order valence-electron chi connectivity index (χ1n) is 2.51. The fraction of sp³-hybridized carbons (Fsp3) is 0.333. The third-order valence-corrected chi connectivity index (χ3v) is 4.01. The molecule has 0 fully saturated rings. The summed E-state index contributed by atoms with van der Waals surface area (Å²) >= 11 is 4.99. The smallest absolute Gasteiger partial charge is 0.198 e. The Bertz CT molecular complexity index is 162. The molecule has 0 N–H and O–H groups in total. The average Bonchev–Trinajstić information content (AvgIpc) is 1.77. The molecule has 0 radical (unpaired) electrons. The van der Waals surface area contributed by atoms with Gasteiger partial charge in [0.25, 0.3) is 0 Å². The molecule has 0 amide bonds. The zero-order valence-corrected chi connectivity index (χ0v) is 8.26. The fourth-order valence-corrected chi connectivity index (χ4v) is 1.32. The van der Waals surface area contributed by atoms with Crippen molar-refractivity contribution in [2.24, 2.45) is 0 Å². The van der Waals surface area contributed by atoms with Gasteiger partial charge in [0.05, 0.1) is 3.92 Å². The second kappa shape index (κ2) is 2.70. The van der Waals surface area contributed by atoms with Crippen LogP contribution in [0.2, 0.25) is 0 Å². The second-order valence-electron chi connectivity index (χ2n) is 1.82. The van der Waals surface area contributed by atoms with E-state index in [-0.39, 0.29) is 3.92 Å². The first-order chi connectivity index (χ1) is 4.13. The van der Waals surface area contributed by atoms with E-state index in [1.54, 1.807) is 6.08 Å². The Kier molecular flexibility index (Phi) is 2.32. The molecule has 0 saturated heterocycles. The predicted molar refractivity (Wildman–Crippen MR) is 48.9 cm³/mol. The number of allylic oxidation sites excluding steroid dienone is 4. The highest BCUT2D eigenvalue weighted by atomic mass is 127. The molecular formula is C6H5BrFI. The molecule has 0 spiro atoms. The summed E-state index contributed by atoms with van der Waals surface area (Å²) in [5, 5.41) is 0. The van der Waals surface area contributed by atoms with Gasteiger partial charge < -0.3 is 0 Å². The number of halogens is 3. The van der Waals surface area contributed by atoms with Gasteiger partial charge in [-0.1, -0.05) is 40.8 Å². The topological polar surface area (TPSA) is 0 Å². The minimum atomic E-state index is -1.33. The molecule has 0 aromatic rings. The van der Waals surface area contributed by atoms with E-state index in [0.717, 1.165) is 0 Å². The van der Waals surface area contributed by atoms with Gasteiger partial charge in [-0.25, -0.2) is 4.39 Å². The summed E-state index contributed by atoms with van der Waals surface area (Å²) in [6.45, 7) is 0. The van der Waals surface area contributed by atoms with Crippen LogP contribution < -0.4 is 0 Å². The molecule has 0 heterocycles. The molecule has 50 valence electrons. The molecule has 0 nitrogen and oxygen atoms in total. The maximum absolute atomic E-state index is 13.0. The molecule has 2 atom stereocenters. The van der Waals surface area contributed by atoms with Crippen LogP contribution in [0.3, 0.4) is 0 Å². The van der Waals surface area contributed by atoms with Crippen molar-refractivity contribution >= 4 is 38.5 Å². The summed E-state index contributed by atoms with van der Waals surface area (Å²) in [7, 11) is 0. The number of alkyl halides is 3. The fourth-order valence-electron chi connectivity index (χ4n) is 0.566. The third-order valence-electron chi connectivity index (χ3n) is 1.08. The quantitative estimate of drug-likeness (QED) is 0.477. The van der Waals surface area contributed by atoms with Crippen LogP contribution in [0.5, 0.6) is 0 Å². The average molecular weight is 303 g/mol. The van der Waals surface area contributed by atoms with Crippen molar-refractivity contribution in [1.29, 1.82) is 0 Å². The zero-order valence-electron chi connectivity index (χ0n) is 4.52. The first kappa shape index (κ1) is 7.72. The largest absolute Gasteiger partial charge is 0.225 e. The van der Waals surface area contributed by atoms with E-state index < -0.39 is 4.58 Å². The van der Waals surface area contributed by atoms with Gasteiger partial charge in [-0.15, -0.1) is 0 Å². The van der Waals surface area contributed by atoms with Crippen molar-refractivity contribution in [3.63, 3.8) is 0 Å². The Hall–Kier alpha value is 0.620. The van der Waals surface area contributed by atoms with E-state index in [0.29, 0.717) is 0 Å². The van der Waals surface area contributed by atoms with Crippen molar-refractivity contribution in [3.8, 4) is 0 Å². The molecular weight excluding hydrogens is 298 g/mol. The van der Waals surface area contributed by atoms with Gasteiger partial charge in [0.2, 0.25) is 0 Å². The lowest BCUT2D eigenvalue weighted by Gasteiger charge is -2.19. The third kappa shape index (κ3) is 1.77. The Morgan fingerprint density at radius 3 is 2.56 bits per heavy atom. The molecule has 0 aromatic carbocycles. The minimum absolute atomic E-state index is 0.0971. The molecule has 1 aliphatic rings. The van der Waals surface area contributed by atoms with Crippen LogP contribution in [-0.4, -0.2) is 8.50 Å². The van der Waals surface area contributed by atoms with Crippen LogP contribution in [0.15, 0.2) is 24.3 Å². The van der Waals surface area contributed by atoms with Gasteiger partial charge in [0.15, 0.2) is 4.58 Å². The molecule has 3 heteroatoms. The van der Waals surface area contributed by atoms with E-state index in [1.165, 1.54) is 6.08 Å². The molecule has 0 bridgehead atoms. The summed E-state index contributed by atoms with van der Waals surface area (Å²) in [5.74, 6) is 0.